The van der Waals surface area contributed by atoms with Gasteiger partial charge >= 0.3 is 0 Å². The first-order valence-corrected chi connectivity index (χ1v) is 12.3. The maximum absolute atomic E-state index is 12.9. The Morgan fingerprint density at radius 3 is 2.52 bits per heavy atom. The van der Waals surface area contributed by atoms with Crippen LogP contribution in [0.5, 0.6) is 0 Å². The highest BCUT2D eigenvalue weighted by Crippen LogP contribution is 2.33. The molecule has 0 bridgehead atoms. The Labute approximate surface area is 190 Å². The van der Waals surface area contributed by atoms with Gasteiger partial charge in [0.2, 0.25) is 5.91 Å². The molecule has 0 spiro atoms. The fourth-order valence-electron chi connectivity index (χ4n) is 3.63. The summed E-state index contributed by atoms with van der Waals surface area (Å²) in [7, 11) is 0. The van der Waals surface area contributed by atoms with Gasteiger partial charge in [0.25, 0.3) is 0 Å². The van der Waals surface area contributed by atoms with Crippen molar-refractivity contribution in [2.24, 2.45) is 0 Å². The van der Waals surface area contributed by atoms with Crippen LogP contribution in [0.25, 0.3) is 10.2 Å². The minimum atomic E-state index is -0.262. The minimum absolute atomic E-state index is 0.00757. The van der Waals surface area contributed by atoms with Crippen molar-refractivity contribution in [3.63, 3.8) is 0 Å². The van der Waals surface area contributed by atoms with Gasteiger partial charge in [0.05, 0.1) is 16.0 Å². The number of aromatic nitrogens is 1. The standard InChI is InChI=1S/C23H27FN4OS2/c1-16-3-4-17(2)22-21(16)26-23(31-22)28-13-11-27(12-14-28)10-9-25-20(29)15-30-19-7-5-18(24)6-8-19/h3-8H,9-15H2,1-2H3,(H,25,29). The average Bonchev–Trinajstić information content (AvgIpc) is 3.23. The van der Waals surface area contributed by atoms with Gasteiger partial charge in [-0.1, -0.05) is 23.5 Å². The molecule has 5 nitrogen and oxygen atoms in total. The predicted molar refractivity (Wildman–Crippen MR) is 128 cm³/mol. The lowest BCUT2D eigenvalue weighted by Crippen LogP contribution is -2.48. The number of carbonyl (C=O) groups is 1. The number of rotatable bonds is 7. The number of aryl methyl sites for hydroxylation is 2. The Bertz CT molecular complexity index is 1010. The highest BCUT2D eigenvalue weighted by Gasteiger charge is 2.20. The number of nitrogens with zero attached hydrogens (tertiary/aromatic N) is 3. The molecule has 1 fully saturated rings. The second-order valence-corrected chi connectivity index (χ2v) is 9.82. The summed E-state index contributed by atoms with van der Waals surface area (Å²) in [5.41, 5.74) is 3.65. The van der Waals surface area contributed by atoms with Gasteiger partial charge in [0.1, 0.15) is 5.82 Å². The van der Waals surface area contributed by atoms with E-state index < -0.39 is 0 Å². The van der Waals surface area contributed by atoms with E-state index in [1.54, 1.807) is 23.5 Å². The summed E-state index contributed by atoms with van der Waals surface area (Å²) in [5.74, 6) is 0.0889. The van der Waals surface area contributed by atoms with Crippen LogP contribution in [0.1, 0.15) is 11.1 Å². The summed E-state index contributed by atoms with van der Waals surface area (Å²) in [6, 6.07) is 10.5. The largest absolute Gasteiger partial charge is 0.354 e. The lowest BCUT2D eigenvalue weighted by Gasteiger charge is -2.34. The molecule has 1 N–H and O–H groups in total. The van der Waals surface area contributed by atoms with E-state index in [0.717, 1.165) is 48.3 Å². The van der Waals surface area contributed by atoms with Crippen molar-refractivity contribution < 1.29 is 9.18 Å². The first kappa shape index (κ1) is 22.0. The molecule has 164 valence electrons. The first-order chi connectivity index (χ1) is 15.0. The Morgan fingerprint density at radius 2 is 1.81 bits per heavy atom. The summed E-state index contributed by atoms with van der Waals surface area (Å²) in [5, 5.41) is 4.09. The molecule has 1 saturated heterocycles. The SMILES string of the molecule is Cc1ccc(C)c2sc(N3CCN(CCNC(=O)CSc4ccc(F)cc4)CC3)nc12. The number of piperazine rings is 1. The number of thioether (sulfide) groups is 1. The van der Waals surface area contributed by atoms with Gasteiger partial charge in [0, 0.05) is 44.2 Å². The maximum atomic E-state index is 12.9. The number of anilines is 1. The molecule has 0 saturated carbocycles. The summed E-state index contributed by atoms with van der Waals surface area (Å²) in [6.45, 7) is 9.59. The van der Waals surface area contributed by atoms with Crippen LogP contribution in [0, 0.1) is 19.7 Å². The molecule has 1 aliphatic heterocycles. The molecule has 0 atom stereocenters. The topological polar surface area (TPSA) is 48.5 Å². The van der Waals surface area contributed by atoms with E-state index in [1.807, 2.05) is 0 Å². The summed E-state index contributed by atoms with van der Waals surface area (Å²) < 4.78 is 14.2. The van der Waals surface area contributed by atoms with Crippen molar-refractivity contribution in [2.75, 3.05) is 49.9 Å². The fraction of sp³-hybridized carbons (Fsp3) is 0.391. The quantitative estimate of drug-likeness (QED) is 0.541. The predicted octanol–water partition coefficient (Wildman–Crippen LogP) is 4.08. The van der Waals surface area contributed by atoms with Crippen molar-refractivity contribution >= 4 is 44.4 Å². The summed E-state index contributed by atoms with van der Waals surface area (Å²) >= 11 is 3.21. The third kappa shape index (κ3) is 5.56. The number of benzene rings is 2. The number of amides is 1. The molecule has 31 heavy (non-hydrogen) atoms. The van der Waals surface area contributed by atoms with Gasteiger partial charge in [-0.15, -0.1) is 11.8 Å². The van der Waals surface area contributed by atoms with Crippen LogP contribution in [0.4, 0.5) is 9.52 Å². The van der Waals surface area contributed by atoms with Gasteiger partial charge in [-0.05, 0) is 49.2 Å². The van der Waals surface area contributed by atoms with Crippen LogP contribution in [-0.2, 0) is 4.79 Å². The van der Waals surface area contributed by atoms with E-state index >= 15 is 0 Å². The lowest BCUT2D eigenvalue weighted by atomic mass is 10.1. The smallest absolute Gasteiger partial charge is 0.230 e. The van der Waals surface area contributed by atoms with E-state index in [0.29, 0.717) is 12.3 Å². The highest BCUT2D eigenvalue weighted by atomic mass is 32.2. The number of thiazole rings is 1. The third-order valence-corrected chi connectivity index (χ3v) is 7.77. The van der Waals surface area contributed by atoms with Crippen molar-refractivity contribution in [1.82, 2.24) is 15.2 Å². The second-order valence-electron chi connectivity index (χ2n) is 7.79. The van der Waals surface area contributed by atoms with Gasteiger partial charge < -0.3 is 10.2 Å². The Morgan fingerprint density at radius 1 is 1.10 bits per heavy atom. The average molecular weight is 459 g/mol. The van der Waals surface area contributed by atoms with Gasteiger partial charge in [-0.2, -0.15) is 0 Å². The molecular formula is C23H27FN4OS2. The van der Waals surface area contributed by atoms with Crippen molar-refractivity contribution in [2.45, 2.75) is 18.7 Å². The van der Waals surface area contributed by atoms with E-state index in [-0.39, 0.29) is 11.7 Å². The van der Waals surface area contributed by atoms with E-state index in [4.69, 9.17) is 4.98 Å². The summed E-state index contributed by atoms with van der Waals surface area (Å²) in [4.78, 5) is 22.6. The van der Waals surface area contributed by atoms with Crippen LogP contribution < -0.4 is 10.2 Å². The van der Waals surface area contributed by atoms with Gasteiger partial charge in [0.15, 0.2) is 5.13 Å². The second kappa shape index (κ2) is 9.97. The molecule has 0 radical (unpaired) electrons. The molecule has 8 heteroatoms. The molecule has 0 aliphatic carbocycles. The van der Waals surface area contributed by atoms with Crippen LogP contribution in [-0.4, -0.2) is 60.8 Å². The Balaban J connectivity index is 1.19. The molecule has 2 aromatic carbocycles. The van der Waals surface area contributed by atoms with Crippen molar-refractivity contribution in [3.8, 4) is 0 Å². The lowest BCUT2D eigenvalue weighted by molar-refractivity contribution is -0.118. The number of halogens is 1. The number of fused-ring (bicyclic) bond motifs is 1. The molecule has 4 rings (SSSR count). The zero-order valence-electron chi connectivity index (χ0n) is 17.9. The van der Waals surface area contributed by atoms with Crippen LogP contribution >= 0.6 is 23.1 Å². The molecule has 0 unspecified atom stereocenters. The number of hydrogen-bond acceptors (Lipinski definition) is 6. The third-order valence-electron chi connectivity index (χ3n) is 5.51. The van der Waals surface area contributed by atoms with Gasteiger partial charge in [-0.25, -0.2) is 9.37 Å². The monoisotopic (exact) mass is 458 g/mol. The Hall–Kier alpha value is -2.16. The normalized spacial score (nSPS) is 14.9. The van der Waals surface area contributed by atoms with E-state index in [2.05, 4.69) is 41.1 Å². The molecular weight excluding hydrogens is 431 g/mol. The molecule has 3 aromatic rings. The van der Waals surface area contributed by atoms with Crippen LogP contribution in [0.3, 0.4) is 0 Å². The van der Waals surface area contributed by atoms with E-state index in [9.17, 15) is 9.18 Å². The molecule has 1 aromatic heterocycles. The van der Waals surface area contributed by atoms with E-state index in [1.165, 1.54) is 39.7 Å². The minimum Gasteiger partial charge on any atom is -0.354 e. The zero-order valence-corrected chi connectivity index (χ0v) is 19.5. The Kier molecular flexibility index (Phi) is 7.09. The zero-order chi connectivity index (χ0) is 21.8. The summed E-state index contributed by atoms with van der Waals surface area (Å²) in [6.07, 6.45) is 0. The van der Waals surface area contributed by atoms with Gasteiger partial charge in [-0.3, -0.25) is 9.69 Å². The molecule has 1 aliphatic rings. The first-order valence-electron chi connectivity index (χ1n) is 10.5. The van der Waals surface area contributed by atoms with Crippen molar-refractivity contribution in [3.05, 3.63) is 53.3 Å². The van der Waals surface area contributed by atoms with Crippen LogP contribution in [0.15, 0.2) is 41.3 Å². The maximum Gasteiger partial charge on any atom is 0.230 e. The highest BCUT2D eigenvalue weighted by molar-refractivity contribution is 8.00. The number of hydrogen-bond donors (Lipinski definition) is 1. The fourth-order valence-corrected chi connectivity index (χ4v) is 5.52. The van der Waals surface area contributed by atoms with Crippen LogP contribution in [0.2, 0.25) is 0 Å². The molecule has 2 heterocycles. The number of nitrogens with one attached hydrogen (secondary N) is 1. The van der Waals surface area contributed by atoms with Crippen molar-refractivity contribution in [1.29, 1.82) is 0 Å². The molecule has 1 amide bonds. The number of carbonyl (C=O) groups excluding carboxylic acids is 1.